The van der Waals surface area contributed by atoms with Gasteiger partial charge in [0.15, 0.2) is 0 Å². The zero-order valence-electron chi connectivity index (χ0n) is 12.9. The molecule has 0 aliphatic carbocycles. The summed E-state index contributed by atoms with van der Waals surface area (Å²) in [6.07, 6.45) is 1.77. The molecular formula is C15H22N2O4S. The van der Waals surface area contributed by atoms with Crippen molar-refractivity contribution in [3.63, 3.8) is 0 Å². The Balaban J connectivity index is 2.10. The standard InChI is InChI=1S/C15H22N2O4S/c1-3-21-16-15(18)13-4-6-14(7-5-13)22(19,20)17-10-8-12(2)9-11-17/h4-7,12H,3,8-11H2,1-2H3,(H,16,18). The van der Waals surface area contributed by atoms with Crippen molar-refractivity contribution in [2.24, 2.45) is 5.92 Å². The van der Waals surface area contributed by atoms with E-state index in [1.165, 1.54) is 28.6 Å². The van der Waals surface area contributed by atoms with Crippen LogP contribution in [-0.2, 0) is 14.9 Å². The largest absolute Gasteiger partial charge is 0.274 e. The summed E-state index contributed by atoms with van der Waals surface area (Å²) in [5.41, 5.74) is 2.64. The highest BCUT2D eigenvalue weighted by atomic mass is 32.2. The maximum absolute atomic E-state index is 12.5. The molecule has 1 heterocycles. The van der Waals surface area contributed by atoms with Crippen molar-refractivity contribution in [2.45, 2.75) is 31.6 Å². The topological polar surface area (TPSA) is 75.7 Å². The Morgan fingerprint density at radius 3 is 2.41 bits per heavy atom. The molecule has 0 aromatic heterocycles. The van der Waals surface area contributed by atoms with Crippen molar-refractivity contribution in [1.29, 1.82) is 0 Å². The third-order valence-corrected chi connectivity index (χ3v) is 5.72. The van der Waals surface area contributed by atoms with Crippen LogP contribution in [0, 0.1) is 5.92 Å². The first-order valence-corrected chi connectivity index (χ1v) is 8.91. The fourth-order valence-corrected chi connectivity index (χ4v) is 3.82. The molecule has 1 aliphatic heterocycles. The minimum atomic E-state index is -3.47. The maximum atomic E-state index is 12.5. The number of rotatable bonds is 5. The second-order valence-electron chi connectivity index (χ2n) is 5.48. The molecule has 1 N–H and O–H groups in total. The minimum Gasteiger partial charge on any atom is -0.274 e. The average molecular weight is 326 g/mol. The van der Waals surface area contributed by atoms with Gasteiger partial charge < -0.3 is 0 Å². The van der Waals surface area contributed by atoms with Gasteiger partial charge in [0.2, 0.25) is 10.0 Å². The van der Waals surface area contributed by atoms with Gasteiger partial charge in [0.1, 0.15) is 0 Å². The van der Waals surface area contributed by atoms with E-state index < -0.39 is 15.9 Å². The van der Waals surface area contributed by atoms with Crippen LogP contribution in [0.2, 0.25) is 0 Å². The summed E-state index contributed by atoms with van der Waals surface area (Å²) in [5, 5.41) is 0. The van der Waals surface area contributed by atoms with Gasteiger partial charge >= 0.3 is 0 Å². The van der Waals surface area contributed by atoms with Crippen molar-refractivity contribution in [3.8, 4) is 0 Å². The number of amides is 1. The highest BCUT2D eigenvalue weighted by Crippen LogP contribution is 2.23. The molecule has 0 radical (unpaired) electrons. The fraction of sp³-hybridized carbons (Fsp3) is 0.533. The third-order valence-electron chi connectivity index (χ3n) is 3.81. The molecule has 1 saturated heterocycles. The Hall–Kier alpha value is -1.44. The van der Waals surface area contributed by atoms with Gasteiger partial charge in [-0.2, -0.15) is 4.31 Å². The summed E-state index contributed by atoms with van der Waals surface area (Å²) in [6, 6.07) is 5.92. The molecule has 1 amide bonds. The molecule has 0 spiro atoms. The maximum Gasteiger partial charge on any atom is 0.274 e. The van der Waals surface area contributed by atoms with Crippen LogP contribution in [0.25, 0.3) is 0 Å². The van der Waals surface area contributed by atoms with Crippen molar-refractivity contribution >= 4 is 15.9 Å². The Bertz CT molecular complexity index is 605. The molecule has 0 bridgehead atoms. The van der Waals surface area contributed by atoms with E-state index in [9.17, 15) is 13.2 Å². The first kappa shape index (κ1) is 16.9. The minimum absolute atomic E-state index is 0.218. The van der Waals surface area contributed by atoms with Gasteiger partial charge in [-0.3, -0.25) is 9.63 Å². The molecular weight excluding hydrogens is 304 g/mol. The van der Waals surface area contributed by atoms with Crippen LogP contribution >= 0.6 is 0 Å². The van der Waals surface area contributed by atoms with Gasteiger partial charge in [-0.05, 0) is 49.9 Å². The van der Waals surface area contributed by atoms with Crippen LogP contribution in [0.4, 0.5) is 0 Å². The zero-order valence-corrected chi connectivity index (χ0v) is 13.7. The van der Waals surface area contributed by atoms with E-state index >= 15 is 0 Å². The van der Waals surface area contributed by atoms with Gasteiger partial charge in [0.05, 0.1) is 11.5 Å². The van der Waals surface area contributed by atoms with Crippen LogP contribution in [0.1, 0.15) is 37.0 Å². The van der Waals surface area contributed by atoms with E-state index in [1.54, 1.807) is 6.92 Å². The lowest BCUT2D eigenvalue weighted by Crippen LogP contribution is -2.37. The van der Waals surface area contributed by atoms with Crippen LogP contribution in [0.3, 0.4) is 0 Å². The highest BCUT2D eigenvalue weighted by Gasteiger charge is 2.28. The second kappa shape index (κ2) is 7.21. The van der Waals surface area contributed by atoms with Crippen LogP contribution in [0.15, 0.2) is 29.2 Å². The van der Waals surface area contributed by atoms with Crippen molar-refractivity contribution in [1.82, 2.24) is 9.79 Å². The first-order valence-electron chi connectivity index (χ1n) is 7.47. The number of piperidine rings is 1. The molecule has 0 saturated carbocycles. The van der Waals surface area contributed by atoms with E-state index in [1.807, 2.05) is 0 Å². The number of hydrogen-bond donors (Lipinski definition) is 1. The van der Waals surface area contributed by atoms with Crippen molar-refractivity contribution in [3.05, 3.63) is 29.8 Å². The summed E-state index contributed by atoms with van der Waals surface area (Å²) < 4.78 is 26.6. The Morgan fingerprint density at radius 1 is 1.27 bits per heavy atom. The van der Waals surface area contributed by atoms with Gasteiger partial charge in [0.25, 0.3) is 5.91 Å². The summed E-state index contributed by atoms with van der Waals surface area (Å²) >= 11 is 0. The van der Waals surface area contributed by atoms with E-state index in [0.717, 1.165) is 12.8 Å². The molecule has 7 heteroatoms. The molecule has 1 aromatic carbocycles. The molecule has 1 aromatic rings. The zero-order chi connectivity index (χ0) is 16.2. The molecule has 122 valence electrons. The van der Waals surface area contributed by atoms with Gasteiger partial charge in [-0.25, -0.2) is 13.9 Å². The Morgan fingerprint density at radius 2 is 1.86 bits per heavy atom. The first-order chi connectivity index (χ1) is 10.4. The van der Waals surface area contributed by atoms with Crippen LogP contribution in [0.5, 0.6) is 0 Å². The van der Waals surface area contributed by atoms with Crippen molar-refractivity contribution < 1.29 is 18.0 Å². The van der Waals surface area contributed by atoms with E-state index in [4.69, 9.17) is 4.84 Å². The van der Waals surface area contributed by atoms with Gasteiger partial charge in [0, 0.05) is 18.7 Å². The van der Waals surface area contributed by atoms with Gasteiger partial charge in [-0.15, -0.1) is 0 Å². The lowest BCUT2D eigenvalue weighted by Gasteiger charge is -2.29. The molecule has 0 unspecified atom stereocenters. The Kier molecular flexibility index (Phi) is 5.55. The predicted molar refractivity (Wildman–Crippen MR) is 82.7 cm³/mol. The monoisotopic (exact) mass is 326 g/mol. The van der Waals surface area contributed by atoms with Crippen LogP contribution < -0.4 is 5.48 Å². The smallest absolute Gasteiger partial charge is 0.274 e. The molecule has 0 atom stereocenters. The fourth-order valence-electron chi connectivity index (χ4n) is 2.35. The molecule has 2 rings (SSSR count). The van der Waals surface area contributed by atoms with Crippen LogP contribution in [-0.4, -0.2) is 38.3 Å². The summed E-state index contributed by atoms with van der Waals surface area (Å²) in [5.74, 6) is 0.175. The van der Waals surface area contributed by atoms with Gasteiger partial charge in [-0.1, -0.05) is 6.92 Å². The number of hydroxylamine groups is 1. The highest BCUT2D eigenvalue weighted by molar-refractivity contribution is 7.89. The lowest BCUT2D eigenvalue weighted by atomic mass is 10.0. The predicted octanol–water partition coefficient (Wildman–Crippen LogP) is 1.79. The molecule has 1 fully saturated rings. The summed E-state index contributed by atoms with van der Waals surface area (Å²) in [6.45, 7) is 5.36. The van der Waals surface area contributed by atoms with E-state index in [0.29, 0.717) is 31.2 Å². The number of nitrogens with one attached hydrogen (secondary N) is 1. The second-order valence-corrected chi connectivity index (χ2v) is 7.41. The molecule has 22 heavy (non-hydrogen) atoms. The number of benzene rings is 1. The summed E-state index contributed by atoms with van der Waals surface area (Å²) in [7, 11) is -3.47. The van der Waals surface area contributed by atoms with E-state index in [-0.39, 0.29) is 4.90 Å². The normalized spacial score (nSPS) is 17.4. The number of carbonyl (C=O) groups excluding carboxylic acids is 1. The third kappa shape index (κ3) is 3.85. The van der Waals surface area contributed by atoms with Crippen molar-refractivity contribution in [2.75, 3.05) is 19.7 Å². The SMILES string of the molecule is CCONC(=O)c1ccc(S(=O)(=O)N2CCC(C)CC2)cc1. The van der Waals surface area contributed by atoms with E-state index in [2.05, 4.69) is 12.4 Å². The number of nitrogens with zero attached hydrogens (tertiary/aromatic N) is 1. The molecule has 1 aliphatic rings. The average Bonchev–Trinajstić information content (AvgIpc) is 2.53. The number of sulfonamides is 1. The lowest BCUT2D eigenvalue weighted by molar-refractivity contribution is 0.0364. The Labute approximate surface area is 131 Å². The quantitative estimate of drug-likeness (QED) is 0.837. The number of hydrogen-bond acceptors (Lipinski definition) is 4. The molecule has 6 nitrogen and oxygen atoms in total. The number of carbonyl (C=O) groups is 1. The summed E-state index contributed by atoms with van der Waals surface area (Å²) in [4.78, 5) is 16.8.